The van der Waals surface area contributed by atoms with Crippen LogP contribution in [0.25, 0.3) is 0 Å². The van der Waals surface area contributed by atoms with Crippen molar-refractivity contribution in [3.63, 3.8) is 0 Å². The van der Waals surface area contributed by atoms with Crippen molar-refractivity contribution in [2.75, 3.05) is 6.61 Å². The van der Waals surface area contributed by atoms with Crippen LogP contribution in [0.3, 0.4) is 0 Å². The van der Waals surface area contributed by atoms with E-state index in [9.17, 15) is 9.59 Å². The first-order chi connectivity index (χ1) is 6.66. The van der Waals surface area contributed by atoms with Crippen molar-refractivity contribution in [3.05, 3.63) is 12.2 Å². The quantitative estimate of drug-likeness (QED) is 0.431. The molecule has 3 atom stereocenters. The lowest BCUT2D eigenvalue weighted by atomic mass is 9.85. The Hall–Kier alpha value is -1.12. The number of ketones is 1. The van der Waals surface area contributed by atoms with Gasteiger partial charge in [0.2, 0.25) is 0 Å². The smallest absolute Gasteiger partial charge is 0.313 e. The van der Waals surface area contributed by atoms with Gasteiger partial charge in [0.25, 0.3) is 0 Å². The highest BCUT2D eigenvalue weighted by atomic mass is 16.5. The molecule has 0 unspecified atom stereocenters. The molecule has 0 bridgehead atoms. The molecule has 76 valence electrons. The largest absolute Gasteiger partial charge is 0.465 e. The SMILES string of the molecule is C[C@H]1C=C[C@H]2C(=O)OC[C@@H]2CC(=O)C1. The van der Waals surface area contributed by atoms with Gasteiger partial charge in [0, 0.05) is 18.8 Å². The molecule has 0 aromatic heterocycles. The Morgan fingerprint density at radius 3 is 2.86 bits per heavy atom. The van der Waals surface area contributed by atoms with Gasteiger partial charge >= 0.3 is 5.97 Å². The third-order valence-electron chi connectivity index (χ3n) is 2.91. The predicted molar refractivity (Wildman–Crippen MR) is 50.5 cm³/mol. The molecule has 1 fully saturated rings. The number of allylic oxidation sites excluding steroid dienone is 1. The molecule has 1 aliphatic carbocycles. The Morgan fingerprint density at radius 2 is 2.07 bits per heavy atom. The Balaban J connectivity index is 2.21. The Bertz CT molecular complexity index is 293. The number of hydrogen-bond acceptors (Lipinski definition) is 3. The molecule has 0 amide bonds. The lowest BCUT2D eigenvalue weighted by molar-refractivity contribution is -0.140. The summed E-state index contributed by atoms with van der Waals surface area (Å²) in [5, 5.41) is 0. The van der Waals surface area contributed by atoms with Crippen LogP contribution in [0, 0.1) is 17.8 Å². The van der Waals surface area contributed by atoms with Crippen molar-refractivity contribution >= 4 is 11.8 Å². The van der Waals surface area contributed by atoms with Gasteiger partial charge in [-0.25, -0.2) is 0 Å². The van der Waals surface area contributed by atoms with Gasteiger partial charge in [-0.3, -0.25) is 9.59 Å². The monoisotopic (exact) mass is 194 g/mol. The molecule has 2 rings (SSSR count). The van der Waals surface area contributed by atoms with E-state index in [4.69, 9.17) is 4.74 Å². The minimum absolute atomic E-state index is 0.0822. The number of Topliss-reactive ketones (excluding diaryl/α,β-unsaturated/α-hetero) is 1. The van der Waals surface area contributed by atoms with E-state index in [-0.39, 0.29) is 29.5 Å². The van der Waals surface area contributed by atoms with Crippen molar-refractivity contribution in [2.24, 2.45) is 17.8 Å². The standard InChI is InChI=1S/C11H14O3/c1-7-2-3-10-8(5-9(12)4-7)6-14-11(10)13/h2-3,7-8,10H,4-6H2,1H3/t7-,8-,10+/m0/s1. The maximum Gasteiger partial charge on any atom is 0.313 e. The van der Waals surface area contributed by atoms with Crippen molar-refractivity contribution in [3.8, 4) is 0 Å². The first-order valence-corrected chi connectivity index (χ1v) is 5.03. The zero-order valence-electron chi connectivity index (χ0n) is 8.23. The molecule has 1 saturated heterocycles. The van der Waals surface area contributed by atoms with Crippen LogP contribution in [-0.2, 0) is 14.3 Å². The van der Waals surface area contributed by atoms with Crippen LogP contribution in [0.15, 0.2) is 12.2 Å². The molecule has 0 aromatic carbocycles. The maximum atomic E-state index is 11.5. The van der Waals surface area contributed by atoms with E-state index in [1.54, 1.807) is 0 Å². The van der Waals surface area contributed by atoms with Crippen molar-refractivity contribution < 1.29 is 14.3 Å². The Morgan fingerprint density at radius 1 is 1.29 bits per heavy atom. The zero-order valence-corrected chi connectivity index (χ0v) is 8.23. The molecule has 14 heavy (non-hydrogen) atoms. The summed E-state index contributed by atoms with van der Waals surface area (Å²) in [5.74, 6) is 0.223. The van der Waals surface area contributed by atoms with Gasteiger partial charge in [-0.05, 0) is 5.92 Å². The number of hydrogen-bond donors (Lipinski definition) is 0. The average Bonchev–Trinajstić information content (AvgIpc) is 2.41. The highest BCUT2D eigenvalue weighted by Crippen LogP contribution is 2.30. The molecule has 3 heteroatoms. The fraction of sp³-hybridized carbons (Fsp3) is 0.636. The zero-order chi connectivity index (χ0) is 10.1. The summed E-state index contributed by atoms with van der Waals surface area (Å²) in [4.78, 5) is 22.8. The molecule has 3 nitrogen and oxygen atoms in total. The summed E-state index contributed by atoms with van der Waals surface area (Å²) < 4.78 is 4.95. The topological polar surface area (TPSA) is 43.4 Å². The molecule has 1 aliphatic heterocycles. The first-order valence-electron chi connectivity index (χ1n) is 5.03. The van der Waals surface area contributed by atoms with Crippen molar-refractivity contribution in [2.45, 2.75) is 19.8 Å². The van der Waals surface area contributed by atoms with Gasteiger partial charge in [0.15, 0.2) is 0 Å². The van der Waals surface area contributed by atoms with E-state index < -0.39 is 0 Å². The van der Waals surface area contributed by atoms with Gasteiger partial charge in [-0.15, -0.1) is 0 Å². The van der Waals surface area contributed by atoms with E-state index in [1.807, 2.05) is 19.1 Å². The second kappa shape index (κ2) is 3.56. The molecule has 0 saturated carbocycles. The highest BCUT2D eigenvalue weighted by molar-refractivity contribution is 5.83. The lowest BCUT2D eigenvalue weighted by Gasteiger charge is -2.16. The summed E-state index contributed by atoms with van der Waals surface area (Å²) in [7, 11) is 0. The molecule has 1 heterocycles. The van der Waals surface area contributed by atoms with Crippen LogP contribution >= 0.6 is 0 Å². The number of rotatable bonds is 0. The molecule has 0 radical (unpaired) electrons. The van der Waals surface area contributed by atoms with Gasteiger partial charge in [0.1, 0.15) is 5.78 Å². The molecular weight excluding hydrogens is 180 g/mol. The summed E-state index contributed by atoms with van der Waals surface area (Å²) >= 11 is 0. The van der Waals surface area contributed by atoms with Crippen LogP contribution in [0.1, 0.15) is 19.8 Å². The average molecular weight is 194 g/mol. The number of cyclic esters (lactones) is 1. The van der Waals surface area contributed by atoms with Crippen molar-refractivity contribution in [1.82, 2.24) is 0 Å². The maximum absolute atomic E-state index is 11.5. The first kappa shape index (κ1) is 9.44. The number of carbonyl (C=O) groups is 2. The van der Waals surface area contributed by atoms with Crippen LogP contribution in [0.2, 0.25) is 0 Å². The predicted octanol–water partition coefficient (Wildman–Crippen LogP) is 1.33. The highest BCUT2D eigenvalue weighted by Gasteiger charge is 2.37. The number of fused-ring (bicyclic) bond motifs is 1. The van der Waals surface area contributed by atoms with Gasteiger partial charge < -0.3 is 4.74 Å². The second-order valence-corrected chi connectivity index (χ2v) is 4.23. The van der Waals surface area contributed by atoms with Crippen LogP contribution in [-0.4, -0.2) is 18.4 Å². The third-order valence-corrected chi connectivity index (χ3v) is 2.91. The molecule has 0 aromatic rings. The van der Waals surface area contributed by atoms with E-state index in [2.05, 4.69) is 0 Å². The Labute approximate surface area is 83.1 Å². The lowest BCUT2D eigenvalue weighted by Crippen LogP contribution is -2.20. The number of carbonyl (C=O) groups excluding carboxylic acids is 2. The van der Waals surface area contributed by atoms with E-state index >= 15 is 0 Å². The summed E-state index contributed by atoms with van der Waals surface area (Å²) in [5.41, 5.74) is 0. The molecule has 0 spiro atoms. The summed E-state index contributed by atoms with van der Waals surface area (Å²) in [6.07, 6.45) is 4.96. The second-order valence-electron chi connectivity index (χ2n) is 4.23. The third kappa shape index (κ3) is 1.72. The number of ether oxygens (including phenoxy) is 1. The van der Waals surface area contributed by atoms with Crippen LogP contribution in [0.5, 0.6) is 0 Å². The minimum Gasteiger partial charge on any atom is -0.465 e. The molecule has 0 N–H and O–H groups in total. The van der Waals surface area contributed by atoms with E-state index in [1.165, 1.54) is 0 Å². The van der Waals surface area contributed by atoms with Gasteiger partial charge in [-0.2, -0.15) is 0 Å². The minimum atomic E-state index is -0.179. The Kier molecular flexibility index (Phi) is 2.40. The van der Waals surface area contributed by atoms with Crippen molar-refractivity contribution in [1.29, 1.82) is 0 Å². The summed E-state index contributed by atoms with van der Waals surface area (Å²) in [6.45, 7) is 2.41. The van der Waals surface area contributed by atoms with Crippen LogP contribution in [0.4, 0.5) is 0 Å². The van der Waals surface area contributed by atoms with Crippen LogP contribution < -0.4 is 0 Å². The fourth-order valence-corrected chi connectivity index (χ4v) is 2.12. The number of esters is 1. The van der Waals surface area contributed by atoms with Gasteiger partial charge in [0.05, 0.1) is 12.5 Å². The van der Waals surface area contributed by atoms with Gasteiger partial charge in [-0.1, -0.05) is 19.1 Å². The summed E-state index contributed by atoms with van der Waals surface area (Å²) in [6, 6.07) is 0. The molecular formula is C11H14O3. The van der Waals surface area contributed by atoms with E-state index in [0.717, 1.165) is 0 Å². The molecule has 2 aliphatic rings. The van der Waals surface area contributed by atoms with E-state index in [0.29, 0.717) is 19.4 Å². The normalized spacial score (nSPS) is 37.4. The fourth-order valence-electron chi connectivity index (χ4n) is 2.12.